The molecule has 114 valence electrons. The van der Waals surface area contributed by atoms with Crippen molar-refractivity contribution >= 4 is 9.84 Å². The van der Waals surface area contributed by atoms with E-state index < -0.39 is 14.6 Å². The van der Waals surface area contributed by atoms with Crippen LogP contribution in [0.25, 0.3) is 0 Å². The molecule has 0 aromatic heterocycles. The minimum Gasteiger partial charge on any atom is -0.316 e. The van der Waals surface area contributed by atoms with Gasteiger partial charge < -0.3 is 5.32 Å². The third-order valence-electron chi connectivity index (χ3n) is 4.43. The molecule has 1 aliphatic rings. The molecule has 0 amide bonds. The van der Waals surface area contributed by atoms with E-state index in [9.17, 15) is 8.42 Å². The van der Waals surface area contributed by atoms with Gasteiger partial charge in [0.2, 0.25) is 0 Å². The maximum atomic E-state index is 12.3. The molecule has 0 saturated heterocycles. The summed E-state index contributed by atoms with van der Waals surface area (Å²) in [5.74, 6) is 0.338. The van der Waals surface area contributed by atoms with Gasteiger partial charge in [-0.1, -0.05) is 19.8 Å². The minimum absolute atomic E-state index is 0.230. The predicted octanol–water partition coefficient (Wildman–Crippen LogP) is 3.15. The first-order valence-corrected chi connectivity index (χ1v) is 9.31. The zero-order chi connectivity index (χ0) is 14.6. The molecule has 1 N–H and O–H groups in total. The molecule has 0 aromatic rings. The van der Waals surface area contributed by atoms with Gasteiger partial charge in [0.05, 0.1) is 10.5 Å². The highest BCUT2D eigenvalue weighted by atomic mass is 32.2. The Kier molecular flexibility index (Phi) is 5.87. The van der Waals surface area contributed by atoms with Gasteiger partial charge in [0, 0.05) is 6.54 Å². The van der Waals surface area contributed by atoms with E-state index in [1.165, 1.54) is 25.7 Å². The van der Waals surface area contributed by atoms with Crippen molar-refractivity contribution in [3.8, 4) is 0 Å². The number of sulfone groups is 1. The van der Waals surface area contributed by atoms with Crippen molar-refractivity contribution in [3.05, 3.63) is 0 Å². The lowest BCUT2D eigenvalue weighted by atomic mass is 9.83. The molecule has 0 unspecified atom stereocenters. The quantitative estimate of drug-likeness (QED) is 0.732. The Hall–Kier alpha value is -0.0900. The molecule has 0 heterocycles. The molecular formula is C15H31NO2S. The maximum Gasteiger partial charge on any atom is 0.155 e. The Morgan fingerprint density at radius 2 is 1.74 bits per heavy atom. The molecule has 3 nitrogen and oxygen atoms in total. The van der Waals surface area contributed by atoms with E-state index in [-0.39, 0.29) is 5.41 Å². The summed E-state index contributed by atoms with van der Waals surface area (Å²) in [5.41, 5.74) is 0.230. The monoisotopic (exact) mass is 289 g/mol. The van der Waals surface area contributed by atoms with Crippen LogP contribution in [-0.2, 0) is 9.84 Å². The van der Waals surface area contributed by atoms with Crippen molar-refractivity contribution in [2.24, 2.45) is 5.41 Å². The normalized spacial score (nSPS) is 19.8. The van der Waals surface area contributed by atoms with Crippen LogP contribution in [0.15, 0.2) is 0 Å². The van der Waals surface area contributed by atoms with Crippen molar-refractivity contribution < 1.29 is 8.42 Å². The van der Waals surface area contributed by atoms with Gasteiger partial charge in [0.1, 0.15) is 0 Å². The summed E-state index contributed by atoms with van der Waals surface area (Å²) in [7, 11) is -2.98. The van der Waals surface area contributed by atoms with E-state index in [0.717, 1.165) is 25.9 Å². The van der Waals surface area contributed by atoms with Gasteiger partial charge in [-0.2, -0.15) is 0 Å². The fourth-order valence-corrected chi connectivity index (χ4v) is 4.14. The summed E-state index contributed by atoms with van der Waals surface area (Å²) in [4.78, 5) is 0. The minimum atomic E-state index is -2.98. The van der Waals surface area contributed by atoms with E-state index in [1.54, 1.807) is 20.8 Å². The molecule has 1 rings (SSSR count). The van der Waals surface area contributed by atoms with Gasteiger partial charge in [-0.25, -0.2) is 8.42 Å². The van der Waals surface area contributed by atoms with E-state index in [4.69, 9.17) is 0 Å². The zero-order valence-electron chi connectivity index (χ0n) is 13.1. The molecule has 1 saturated carbocycles. The molecule has 4 heteroatoms. The van der Waals surface area contributed by atoms with Crippen LogP contribution in [0.5, 0.6) is 0 Å². The van der Waals surface area contributed by atoms with Crippen molar-refractivity contribution in [3.63, 3.8) is 0 Å². The van der Waals surface area contributed by atoms with Crippen LogP contribution in [0.1, 0.15) is 66.2 Å². The topological polar surface area (TPSA) is 46.2 Å². The molecule has 0 atom stereocenters. The molecule has 0 radical (unpaired) electrons. The third-order valence-corrected chi connectivity index (χ3v) is 7.03. The molecule has 0 bridgehead atoms. The predicted molar refractivity (Wildman–Crippen MR) is 82.2 cm³/mol. The highest BCUT2D eigenvalue weighted by Gasteiger charge is 2.37. The van der Waals surface area contributed by atoms with Crippen molar-refractivity contribution in [1.29, 1.82) is 0 Å². The van der Waals surface area contributed by atoms with Gasteiger partial charge in [0.25, 0.3) is 0 Å². The van der Waals surface area contributed by atoms with Crippen LogP contribution in [0.3, 0.4) is 0 Å². The largest absolute Gasteiger partial charge is 0.316 e. The van der Waals surface area contributed by atoms with Gasteiger partial charge >= 0.3 is 0 Å². The second kappa shape index (κ2) is 6.57. The summed E-state index contributed by atoms with van der Waals surface area (Å²) >= 11 is 0. The molecule has 19 heavy (non-hydrogen) atoms. The third kappa shape index (κ3) is 4.75. The first kappa shape index (κ1) is 17.0. The number of rotatable bonds is 7. The summed E-state index contributed by atoms with van der Waals surface area (Å²) in [6.07, 6.45) is 6.83. The number of hydrogen-bond donors (Lipinski definition) is 1. The van der Waals surface area contributed by atoms with Crippen LogP contribution >= 0.6 is 0 Å². The Morgan fingerprint density at radius 3 is 2.21 bits per heavy atom. The smallest absolute Gasteiger partial charge is 0.155 e. The molecule has 0 aromatic carbocycles. The van der Waals surface area contributed by atoms with Gasteiger partial charge in [0.15, 0.2) is 9.84 Å². The Morgan fingerprint density at radius 1 is 1.16 bits per heavy atom. The van der Waals surface area contributed by atoms with Gasteiger partial charge in [-0.15, -0.1) is 0 Å². The summed E-state index contributed by atoms with van der Waals surface area (Å²) in [6.45, 7) is 9.60. The zero-order valence-corrected chi connectivity index (χ0v) is 13.9. The maximum absolute atomic E-state index is 12.3. The second-order valence-corrected chi connectivity index (χ2v) is 9.93. The van der Waals surface area contributed by atoms with Crippen LogP contribution < -0.4 is 5.32 Å². The van der Waals surface area contributed by atoms with E-state index in [1.807, 2.05) is 0 Å². The molecular weight excluding hydrogens is 258 g/mol. The Balaban J connectivity index is 2.60. The summed E-state index contributed by atoms with van der Waals surface area (Å²) in [5, 5.41) is 3.50. The first-order valence-electron chi connectivity index (χ1n) is 7.65. The van der Waals surface area contributed by atoms with Crippen molar-refractivity contribution in [2.45, 2.75) is 71.0 Å². The summed E-state index contributed by atoms with van der Waals surface area (Å²) < 4.78 is 23.9. The van der Waals surface area contributed by atoms with Gasteiger partial charge in [-0.05, 0) is 58.4 Å². The molecule has 0 aliphatic heterocycles. The number of hydrogen-bond acceptors (Lipinski definition) is 3. The van der Waals surface area contributed by atoms with Crippen LogP contribution in [0.2, 0.25) is 0 Å². The fourth-order valence-electron chi connectivity index (χ4n) is 2.83. The molecule has 1 aliphatic carbocycles. The standard InChI is InChI=1S/C15H31NO2S/c1-5-11-16-13-15(8-6-7-9-15)10-12-19(17,18)14(2,3)4/h16H,5-13H2,1-4H3. The number of nitrogens with one attached hydrogen (secondary N) is 1. The second-order valence-electron chi connectivity index (χ2n) is 7.07. The lowest BCUT2D eigenvalue weighted by Crippen LogP contribution is -2.37. The fraction of sp³-hybridized carbons (Fsp3) is 1.00. The van der Waals surface area contributed by atoms with Crippen molar-refractivity contribution in [1.82, 2.24) is 5.32 Å². The molecule has 1 fully saturated rings. The van der Waals surface area contributed by atoms with E-state index >= 15 is 0 Å². The highest BCUT2D eigenvalue weighted by molar-refractivity contribution is 7.92. The summed E-state index contributed by atoms with van der Waals surface area (Å²) in [6, 6.07) is 0. The highest BCUT2D eigenvalue weighted by Crippen LogP contribution is 2.41. The van der Waals surface area contributed by atoms with E-state index in [0.29, 0.717) is 5.75 Å². The van der Waals surface area contributed by atoms with Crippen LogP contribution in [-0.4, -0.2) is 32.0 Å². The Bertz CT molecular complexity index is 362. The lowest BCUT2D eigenvalue weighted by Gasteiger charge is -2.31. The average Bonchev–Trinajstić information content (AvgIpc) is 2.75. The van der Waals surface area contributed by atoms with Crippen LogP contribution in [0.4, 0.5) is 0 Å². The average molecular weight is 289 g/mol. The lowest BCUT2D eigenvalue weighted by molar-refractivity contribution is 0.270. The molecule has 0 spiro atoms. The van der Waals surface area contributed by atoms with Crippen molar-refractivity contribution in [2.75, 3.05) is 18.8 Å². The Labute approximate surface area is 119 Å². The van der Waals surface area contributed by atoms with Gasteiger partial charge in [-0.3, -0.25) is 0 Å². The van der Waals surface area contributed by atoms with Crippen LogP contribution in [0, 0.1) is 5.41 Å². The SMILES string of the molecule is CCCNCC1(CCS(=O)(=O)C(C)(C)C)CCCC1. The van der Waals surface area contributed by atoms with E-state index in [2.05, 4.69) is 12.2 Å². The first-order chi connectivity index (χ1) is 8.72.